The van der Waals surface area contributed by atoms with Crippen molar-refractivity contribution in [3.05, 3.63) is 29.3 Å². The number of aromatic amines is 1. The maximum Gasteiger partial charge on any atom is 0.185 e. The van der Waals surface area contributed by atoms with Gasteiger partial charge in [-0.3, -0.25) is 9.89 Å². The third kappa shape index (κ3) is 1.25. The van der Waals surface area contributed by atoms with Crippen molar-refractivity contribution in [2.45, 2.75) is 13.8 Å². The minimum Gasteiger partial charge on any atom is -0.453 e. The molecule has 2 heterocycles. The highest BCUT2D eigenvalue weighted by Crippen LogP contribution is 2.26. The van der Waals surface area contributed by atoms with Crippen molar-refractivity contribution in [1.29, 1.82) is 0 Å². The third-order valence-corrected chi connectivity index (χ3v) is 2.12. The van der Waals surface area contributed by atoms with Crippen LogP contribution in [-0.4, -0.2) is 16.5 Å². The molecule has 1 N–H and O–H groups in total. The number of H-pyrrole nitrogens is 1. The molecule has 0 saturated carbocycles. The molecule has 4 nitrogen and oxygen atoms in total. The fourth-order valence-electron chi connectivity index (χ4n) is 1.46. The summed E-state index contributed by atoms with van der Waals surface area (Å²) in [5, 5.41) is 6.92. The number of aromatic nitrogens is 2. The van der Waals surface area contributed by atoms with E-state index in [0.717, 1.165) is 17.0 Å². The van der Waals surface area contributed by atoms with Crippen LogP contribution in [0.1, 0.15) is 21.9 Å². The Morgan fingerprint density at radius 1 is 1.43 bits per heavy atom. The molecular weight excluding hydrogens is 180 g/mol. The van der Waals surface area contributed by atoms with Crippen molar-refractivity contribution in [2.24, 2.45) is 0 Å². The molecule has 0 amide bonds. The number of aryl methyl sites for hydroxylation is 2. The van der Waals surface area contributed by atoms with Gasteiger partial charge in [0.1, 0.15) is 5.76 Å². The van der Waals surface area contributed by atoms with Crippen molar-refractivity contribution >= 4 is 6.29 Å². The van der Waals surface area contributed by atoms with E-state index in [1.165, 1.54) is 0 Å². The summed E-state index contributed by atoms with van der Waals surface area (Å²) in [7, 11) is 0. The van der Waals surface area contributed by atoms with E-state index in [4.69, 9.17) is 4.42 Å². The number of carbonyl (C=O) groups excluding carboxylic acids is 1. The molecule has 0 radical (unpaired) electrons. The van der Waals surface area contributed by atoms with E-state index in [1.807, 2.05) is 13.8 Å². The molecule has 14 heavy (non-hydrogen) atoms. The summed E-state index contributed by atoms with van der Waals surface area (Å²) in [6.07, 6.45) is 0.689. The van der Waals surface area contributed by atoms with Crippen LogP contribution in [0, 0.1) is 13.8 Å². The molecule has 0 saturated heterocycles. The summed E-state index contributed by atoms with van der Waals surface area (Å²) in [6, 6.07) is 3.42. The van der Waals surface area contributed by atoms with Gasteiger partial charge >= 0.3 is 0 Å². The van der Waals surface area contributed by atoms with E-state index in [2.05, 4.69) is 10.2 Å². The van der Waals surface area contributed by atoms with E-state index in [0.29, 0.717) is 17.8 Å². The highest BCUT2D eigenvalue weighted by Gasteiger charge is 2.12. The quantitative estimate of drug-likeness (QED) is 0.737. The van der Waals surface area contributed by atoms with Crippen LogP contribution >= 0.6 is 0 Å². The maximum atomic E-state index is 10.4. The lowest BCUT2D eigenvalue weighted by Gasteiger charge is -1.94. The summed E-state index contributed by atoms with van der Waals surface area (Å²) in [5.41, 5.74) is 2.74. The predicted molar refractivity (Wildman–Crippen MR) is 51.2 cm³/mol. The number of nitrogens with zero attached hydrogens (tertiary/aromatic N) is 1. The Labute approximate surface area is 80.9 Å². The molecule has 0 atom stereocenters. The first-order valence-electron chi connectivity index (χ1n) is 4.29. The fraction of sp³-hybridized carbons (Fsp3) is 0.200. The zero-order chi connectivity index (χ0) is 10.1. The van der Waals surface area contributed by atoms with Gasteiger partial charge in [0, 0.05) is 5.69 Å². The summed E-state index contributed by atoms with van der Waals surface area (Å²) in [4.78, 5) is 10.4. The van der Waals surface area contributed by atoms with Crippen LogP contribution in [0.25, 0.3) is 11.3 Å². The van der Waals surface area contributed by atoms with E-state index in [-0.39, 0.29) is 0 Å². The molecule has 0 aromatic carbocycles. The zero-order valence-electron chi connectivity index (χ0n) is 8.00. The SMILES string of the molecule is Cc1n[nH]c(C)c1-c1ccc(C=O)o1. The van der Waals surface area contributed by atoms with Crippen LogP contribution in [-0.2, 0) is 0 Å². The molecule has 4 heteroatoms. The van der Waals surface area contributed by atoms with Gasteiger partial charge in [-0.1, -0.05) is 0 Å². The summed E-state index contributed by atoms with van der Waals surface area (Å²) in [6.45, 7) is 3.81. The number of nitrogens with one attached hydrogen (secondary N) is 1. The molecule has 0 aliphatic carbocycles. The van der Waals surface area contributed by atoms with E-state index in [1.54, 1.807) is 12.1 Å². The number of hydrogen-bond acceptors (Lipinski definition) is 3. The molecule has 2 aromatic heterocycles. The van der Waals surface area contributed by atoms with Gasteiger partial charge in [0.05, 0.1) is 11.3 Å². The van der Waals surface area contributed by atoms with Gasteiger partial charge in [0.25, 0.3) is 0 Å². The standard InChI is InChI=1S/C10H10N2O2/c1-6-10(7(2)12-11-6)9-4-3-8(5-13)14-9/h3-5H,1-2H3,(H,11,12). The topological polar surface area (TPSA) is 58.9 Å². The third-order valence-electron chi connectivity index (χ3n) is 2.12. The molecular formula is C10H10N2O2. The van der Waals surface area contributed by atoms with E-state index >= 15 is 0 Å². The molecule has 72 valence electrons. The Kier molecular flexibility index (Phi) is 1.96. The second kappa shape index (κ2) is 3.14. The highest BCUT2D eigenvalue weighted by atomic mass is 16.3. The second-order valence-electron chi connectivity index (χ2n) is 3.13. The summed E-state index contributed by atoms with van der Waals surface area (Å²) >= 11 is 0. The maximum absolute atomic E-state index is 10.4. The average molecular weight is 190 g/mol. The van der Waals surface area contributed by atoms with Crippen molar-refractivity contribution in [1.82, 2.24) is 10.2 Å². The molecule has 0 spiro atoms. The van der Waals surface area contributed by atoms with Gasteiger partial charge < -0.3 is 4.42 Å². The van der Waals surface area contributed by atoms with Gasteiger partial charge in [-0.15, -0.1) is 0 Å². The average Bonchev–Trinajstić information content (AvgIpc) is 2.73. The molecule has 0 bridgehead atoms. The van der Waals surface area contributed by atoms with Crippen LogP contribution in [0.3, 0.4) is 0 Å². The van der Waals surface area contributed by atoms with Crippen LogP contribution in [0.2, 0.25) is 0 Å². The van der Waals surface area contributed by atoms with Gasteiger partial charge in [0.15, 0.2) is 12.0 Å². The number of rotatable bonds is 2. The Morgan fingerprint density at radius 2 is 2.21 bits per heavy atom. The first-order valence-corrected chi connectivity index (χ1v) is 4.29. The molecule has 0 aliphatic heterocycles. The predicted octanol–water partition coefficient (Wildman–Crippen LogP) is 2.10. The normalized spacial score (nSPS) is 10.4. The molecule has 2 rings (SSSR count). The Balaban J connectivity index is 2.53. The minimum atomic E-state index is 0.333. The van der Waals surface area contributed by atoms with E-state index in [9.17, 15) is 4.79 Å². The van der Waals surface area contributed by atoms with Crippen molar-refractivity contribution in [3.8, 4) is 11.3 Å². The fourth-order valence-corrected chi connectivity index (χ4v) is 1.46. The lowest BCUT2D eigenvalue weighted by Crippen LogP contribution is -1.78. The summed E-state index contributed by atoms with van der Waals surface area (Å²) < 4.78 is 5.31. The van der Waals surface area contributed by atoms with Gasteiger partial charge in [-0.2, -0.15) is 5.10 Å². The van der Waals surface area contributed by atoms with Crippen LogP contribution in [0.15, 0.2) is 16.5 Å². The lowest BCUT2D eigenvalue weighted by atomic mass is 10.1. The van der Waals surface area contributed by atoms with Crippen molar-refractivity contribution in [3.63, 3.8) is 0 Å². The first kappa shape index (κ1) is 8.74. The Hall–Kier alpha value is -1.84. The lowest BCUT2D eigenvalue weighted by molar-refractivity contribution is 0.110. The number of furan rings is 1. The van der Waals surface area contributed by atoms with Crippen LogP contribution in [0.4, 0.5) is 0 Å². The smallest absolute Gasteiger partial charge is 0.185 e. The summed E-state index contributed by atoms with van der Waals surface area (Å²) in [5.74, 6) is 1.01. The minimum absolute atomic E-state index is 0.333. The van der Waals surface area contributed by atoms with Crippen molar-refractivity contribution < 1.29 is 9.21 Å². The van der Waals surface area contributed by atoms with Gasteiger partial charge in [-0.25, -0.2) is 0 Å². The van der Waals surface area contributed by atoms with E-state index < -0.39 is 0 Å². The number of aldehydes is 1. The van der Waals surface area contributed by atoms with Crippen molar-refractivity contribution in [2.75, 3.05) is 0 Å². The number of hydrogen-bond donors (Lipinski definition) is 1. The largest absolute Gasteiger partial charge is 0.453 e. The Morgan fingerprint density at radius 3 is 2.71 bits per heavy atom. The molecule has 0 fully saturated rings. The van der Waals surface area contributed by atoms with Gasteiger partial charge in [0.2, 0.25) is 0 Å². The molecule has 2 aromatic rings. The highest BCUT2D eigenvalue weighted by molar-refractivity contribution is 5.73. The second-order valence-corrected chi connectivity index (χ2v) is 3.13. The van der Waals surface area contributed by atoms with Gasteiger partial charge in [-0.05, 0) is 26.0 Å². The monoisotopic (exact) mass is 190 g/mol. The number of carbonyl (C=O) groups is 1. The zero-order valence-corrected chi connectivity index (χ0v) is 8.00. The molecule has 0 unspecified atom stereocenters. The van der Waals surface area contributed by atoms with Crippen LogP contribution in [0.5, 0.6) is 0 Å². The Bertz CT molecular complexity index is 449. The van der Waals surface area contributed by atoms with Crippen LogP contribution < -0.4 is 0 Å². The first-order chi connectivity index (χ1) is 6.72. The molecule has 0 aliphatic rings.